The van der Waals surface area contributed by atoms with E-state index in [0.29, 0.717) is 0 Å². The Labute approximate surface area is 106 Å². The van der Waals surface area contributed by atoms with Gasteiger partial charge in [-0.3, -0.25) is 9.63 Å². The molecule has 0 saturated carbocycles. The maximum atomic E-state index is 11.1. The molecule has 0 bridgehead atoms. The molecule has 0 spiro atoms. The molecule has 0 unspecified atom stereocenters. The molecule has 0 atom stereocenters. The average Bonchev–Trinajstić information content (AvgIpc) is 2.28. The summed E-state index contributed by atoms with van der Waals surface area (Å²) in [4.78, 5) is 25.6. The lowest BCUT2D eigenvalue weighted by molar-refractivity contribution is -0.147. The standard InChI is InChI=1S/C11H10BrNO4/c12-9-4-1-8(2-5-9)3-6-10(14)13-17-7-11(15)16/h1-6H,7H2,(H,13,14)(H,15,16). The maximum Gasteiger partial charge on any atom is 0.332 e. The Morgan fingerprint density at radius 1 is 1.35 bits per heavy atom. The third-order valence-corrected chi connectivity index (χ3v) is 2.19. The highest BCUT2D eigenvalue weighted by molar-refractivity contribution is 9.10. The Bertz CT molecular complexity index is 428. The molecule has 0 saturated heterocycles. The van der Waals surface area contributed by atoms with Gasteiger partial charge in [0.05, 0.1) is 0 Å². The van der Waals surface area contributed by atoms with Crippen molar-refractivity contribution in [2.24, 2.45) is 0 Å². The van der Waals surface area contributed by atoms with Crippen LogP contribution < -0.4 is 5.48 Å². The number of carboxylic acid groups (broad SMARTS) is 1. The minimum Gasteiger partial charge on any atom is -0.479 e. The molecular weight excluding hydrogens is 290 g/mol. The number of hydrogen-bond donors (Lipinski definition) is 2. The van der Waals surface area contributed by atoms with Crippen LogP contribution in [0.5, 0.6) is 0 Å². The van der Waals surface area contributed by atoms with Gasteiger partial charge in [0.15, 0.2) is 6.61 Å². The third-order valence-electron chi connectivity index (χ3n) is 1.67. The topological polar surface area (TPSA) is 75.6 Å². The van der Waals surface area contributed by atoms with E-state index in [2.05, 4.69) is 20.8 Å². The number of amides is 1. The second kappa shape index (κ2) is 6.82. The molecule has 0 fully saturated rings. The van der Waals surface area contributed by atoms with Crippen molar-refractivity contribution in [1.82, 2.24) is 5.48 Å². The van der Waals surface area contributed by atoms with Gasteiger partial charge in [-0.25, -0.2) is 10.3 Å². The Balaban J connectivity index is 2.40. The van der Waals surface area contributed by atoms with Gasteiger partial charge in [0, 0.05) is 10.5 Å². The number of carboxylic acids is 1. The van der Waals surface area contributed by atoms with E-state index in [1.807, 2.05) is 29.7 Å². The Morgan fingerprint density at radius 2 is 2.00 bits per heavy atom. The SMILES string of the molecule is O=C(O)CONC(=O)C=Cc1ccc(Br)cc1. The summed E-state index contributed by atoms with van der Waals surface area (Å²) in [5.74, 6) is -1.67. The first-order chi connectivity index (χ1) is 8.08. The van der Waals surface area contributed by atoms with Crippen LogP contribution in [0.4, 0.5) is 0 Å². The van der Waals surface area contributed by atoms with E-state index in [1.54, 1.807) is 6.08 Å². The smallest absolute Gasteiger partial charge is 0.332 e. The second-order valence-corrected chi connectivity index (χ2v) is 3.95. The molecule has 0 aliphatic rings. The van der Waals surface area contributed by atoms with Crippen LogP contribution in [0, 0.1) is 0 Å². The van der Waals surface area contributed by atoms with Crippen molar-refractivity contribution in [3.05, 3.63) is 40.4 Å². The number of hydroxylamine groups is 1. The van der Waals surface area contributed by atoms with Crippen LogP contribution in [-0.2, 0) is 14.4 Å². The summed E-state index contributed by atoms with van der Waals surface area (Å²) in [7, 11) is 0. The van der Waals surface area contributed by atoms with Gasteiger partial charge in [-0.15, -0.1) is 0 Å². The fourth-order valence-corrected chi connectivity index (χ4v) is 1.21. The van der Waals surface area contributed by atoms with E-state index < -0.39 is 18.5 Å². The molecule has 0 heterocycles. The van der Waals surface area contributed by atoms with Crippen LogP contribution in [-0.4, -0.2) is 23.6 Å². The van der Waals surface area contributed by atoms with Crippen molar-refractivity contribution in [3.8, 4) is 0 Å². The highest BCUT2D eigenvalue weighted by Gasteiger charge is 1.98. The fraction of sp³-hybridized carbons (Fsp3) is 0.0909. The molecule has 0 aromatic heterocycles. The first kappa shape index (κ1) is 13.4. The summed E-state index contributed by atoms with van der Waals surface area (Å²) < 4.78 is 0.948. The molecule has 90 valence electrons. The molecule has 1 rings (SSSR count). The highest BCUT2D eigenvalue weighted by atomic mass is 79.9. The van der Waals surface area contributed by atoms with Gasteiger partial charge in [-0.1, -0.05) is 28.1 Å². The molecule has 0 radical (unpaired) electrons. The zero-order valence-corrected chi connectivity index (χ0v) is 10.3. The number of carbonyl (C=O) groups is 2. The molecule has 0 aliphatic carbocycles. The third kappa shape index (κ3) is 5.84. The van der Waals surface area contributed by atoms with E-state index in [-0.39, 0.29) is 0 Å². The summed E-state index contributed by atoms with van der Waals surface area (Å²) in [6.45, 7) is -0.572. The normalized spacial score (nSPS) is 10.4. The number of rotatable bonds is 5. The molecule has 1 amide bonds. The van der Waals surface area contributed by atoms with Crippen LogP contribution in [0.2, 0.25) is 0 Å². The summed E-state index contributed by atoms with van der Waals surface area (Å²) in [6, 6.07) is 7.34. The molecular formula is C11H10BrNO4. The summed E-state index contributed by atoms with van der Waals surface area (Å²) in [5.41, 5.74) is 2.83. The molecule has 17 heavy (non-hydrogen) atoms. The first-order valence-electron chi connectivity index (χ1n) is 4.65. The monoisotopic (exact) mass is 299 g/mol. The van der Waals surface area contributed by atoms with Crippen molar-refractivity contribution in [2.45, 2.75) is 0 Å². The van der Waals surface area contributed by atoms with Crippen LogP contribution in [0.25, 0.3) is 6.08 Å². The van der Waals surface area contributed by atoms with Gasteiger partial charge < -0.3 is 5.11 Å². The molecule has 1 aromatic rings. The Hall–Kier alpha value is -1.66. The van der Waals surface area contributed by atoms with Gasteiger partial charge >= 0.3 is 5.97 Å². The Kier molecular flexibility index (Phi) is 5.38. The van der Waals surface area contributed by atoms with Crippen molar-refractivity contribution < 1.29 is 19.5 Å². The van der Waals surface area contributed by atoms with E-state index >= 15 is 0 Å². The van der Waals surface area contributed by atoms with Crippen LogP contribution >= 0.6 is 15.9 Å². The van der Waals surface area contributed by atoms with Gasteiger partial charge in [0.25, 0.3) is 5.91 Å². The van der Waals surface area contributed by atoms with Crippen LogP contribution in [0.15, 0.2) is 34.8 Å². The lowest BCUT2D eigenvalue weighted by Crippen LogP contribution is -2.24. The second-order valence-electron chi connectivity index (χ2n) is 3.03. The van der Waals surface area contributed by atoms with Gasteiger partial charge in [0.1, 0.15) is 0 Å². The van der Waals surface area contributed by atoms with Gasteiger partial charge in [0.2, 0.25) is 0 Å². The van der Waals surface area contributed by atoms with Crippen molar-refractivity contribution in [3.63, 3.8) is 0 Å². The first-order valence-corrected chi connectivity index (χ1v) is 5.44. The van der Waals surface area contributed by atoms with Crippen molar-refractivity contribution in [2.75, 3.05) is 6.61 Å². The number of nitrogens with one attached hydrogen (secondary N) is 1. The quantitative estimate of drug-likeness (QED) is 0.639. The predicted octanol–water partition coefficient (Wildman–Crippen LogP) is 1.59. The average molecular weight is 300 g/mol. The van der Waals surface area contributed by atoms with Crippen LogP contribution in [0.1, 0.15) is 5.56 Å². The minimum atomic E-state index is -1.15. The van der Waals surface area contributed by atoms with Crippen molar-refractivity contribution >= 4 is 33.9 Å². The zero-order valence-electron chi connectivity index (χ0n) is 8.72. The van der Waals surface area contributed by atoms with E-state index in [0.717, 1.165) is 10.0 Å². The van der Waals surface area contributed by atoms with E-state index in [1.165, 1.54) is 6.08 Å². The molecule has 2 N–H and O–H groups in total. The molecule has 6 heteroatoms. The minimum absolute atomic E-state index is 0.519. The number of aliphatic carboxylic acids is 1. The highest BCUT2D eigenvalue weighted by Crippen LogP contribution is 2.11. The lowest BCUT2D eigenvalue weighted by Gasteiger charge is -1.99. The fourth-order valence-electron chi connectivity index (χ4n) is 0.949. The molecule has 1 aromatic carbocycles. The van der Waals surface area contributed by atoms with Crippen LogP contribution in [0.3, 0.4) is 0 Å². The zero-order chi connectivity index (χ0) is 12.7. The lowest BCUT2D eigenvalue weighted by atomic mass is 10.2. The maximum absolute atomic E-state index is 11.1. The summed E-state index contributed by atoms with van der Waals surface area (Å²) in [5, 5.41) is 8.26. The predicted molar refractivity (Wildman–Crippen MR) is 64.9 cm³/mol. The number of benzene rings is 1. The number of carbonyl (C=O) groups excluding carboxylic acids is 1. The van der Waals surface area contributed by atoms with E-state index in [4.69, 9.17) is 5.11 Å². The summed E-state index contributed by atoms with van der Waals surface area (Å²) in [6.07, 6.45) is 2.84. The largest absolute Gasteiger partial charge is 0.479 e. The molecule has 5 nitrogen and oxygen atoms in total. The van der Waals surface area contributed by atoms with Gasteiger partial charge in [-0.2, -0.15) is 0 Å². The summed E-state index contributed by atoms with van der Waals surface area (Å²) >= 11 is 3.29. The number of hydrogen-bond acceptors (Lipinski definition) is 3. The van der Waals surface area contributed by atoms with Gasteiger partial charge in [-0.05, 0) is 23.8 Å². The molecule has 0 aliphatic heterocycles. The number of halogens is 1. The Morgan fingerprint density at radius 3 is 2.59 bits per heavy atom. The van der Waals surface area contributed by atoms with Crippen molar-refractivity contribution in [1.29, 1.82) is 0 Å². The van der Waals surface area contributed by atoms with E-state index in [9.17, 15) is 9.59 Å².